The van der Waals surface area contributed by atoms with Crippen molar-refractivity contribution in [1.82, 2.24) is 0 Å². The van der Waals surface area contributed by atoms with Gasteiger partial charge >= 0.3 is 0 Å². The van der Waals surface area contributed by atoms with Gasteiger partial charge in [-0.2, -0.15) is 0 Å². The summed E-state index contributed by atoms with van der Waals surface area (Å²) in [6.45, 7) is 0. The summed E-state index contributed by atoms with van der Waals surface area (Å²) in [5, 5.41) is 0. The number of epoxide rings is 1. The Labute approximate surface area is 88.2 Å². The smallest absolute Gasteiger partial charge is 0.274 e. The number of alkyl halides is 2. The van der Waals surface area contributed by atoms with Crippen LogP contribution in [0.4, 0.5) is 8.78 Å². The van der Waals surface area contributed by atoms with Gasteiger partial charge < -0.3 is 4.74 Å². The van der Waals surface area contributed by atoms with Crippen LogP contribution >= 0.6 is 0 Å². The molecule has 5 fully saturated rings. The Morgan fingerprint density at radius 3 is 1.67 bits per heavy atom. The monoisotopic (exact) mass is 214 g/mol. The van der Waals surface area contributed by atoms with Crippen molar-refractivity contribution >= 4 is 0 Å². The van der Waals surface area contributed by atoms with E-state index in [9.17, 15) is 8.78 Å². The minimum Gasteiger partial charge on any atom is -0.301 e. The molecule has 4 bridgehead atoms. The second-order valence-corrected chi connectivity index (χ2v) is 6.28. The van der Waals surface area contributed by atoms with Gasteiger partial charge in [-0.3, -0.25) is 0 Å². The second kappa shape index (κ2) is 2.39. The van der Waals surface area contributed by atoms with E-state index < -0.39 is 17.6 Å². The highest BCUT2D eigenvalue weighted by Gasteiger charge is 2.75. The Hall–Kier alpha value is -0.180. The molecule has 4 saturated carbocycles. The van der Waals surface area contributed by atoms with Crippen LogP contribution in [0.3, 0.4) is 0 Å². The van der Waals surface area contributed by atoms with Crippen LogP contribution in [0.15, 0.2) is 0 Å². The molecule has 0 amide bonds. The summed E-state index contributed by atoms with van der Waals surface area (Å²) in [7, 11) is 0. The number of ether oxygens (including phenoxy) is 1. The standard InChI is InChI=1S/C12H16F2O/c13-10-12(14,15-10)11-4-7-1-8(5-11)3-9(2-7)6-11/h7-10H,1-6H2. The van der Waals surface area contributed by atoms with Crippen LogP contribution in [0, 0.1) is 23.2 Å². The minimum atomic E-state index is -1.90. The molecular formula is C12H16F2O. The van der Waals surface area contributed by atoms with Gasteiger partial charge in [0.1, 0.15) is 0 Å². The lowest BCUT2D eigenvalue weighted by Crippen LogP contribution is -2.52. The molecule has 5 aliphatic rings. The van der Waals surface area contributed by atoms with Gasteiger partial charge in [0.2, 0.25) is 0 Å². The van der Waals surface area contributed by atoms with E-state index in [1.807, 2.05) is 0 Å². The van der Waals surface area contributed by atoms with E-state index in [0.29, 0.717) is 17.8 Å². The van der Waals surface area contributed by atoms with Crippen LogP contribution in [0.2, 0.25) is 0 Å². The van der Waals surface area contributed by atoms with E-state index in [1.165, 1.54) is 19.3 Å². The van der Waals surface area contributed by atoms with Gasteiger partial charge in [-0.05, 0) is 56.3 Å². The molecule has 0 N–H and O–H groups in total. The average molecular weight is 214 g/mol. The average Bonchev–Trinajstić information content (AvgIpc) is 2.74. The SMILES string of the molecule is FC1OC1(F)C12CC3CC(CC(C3)C1)C2. The molecule has 1 saturated heterocycles. The van der Waals surface area contributed by atoms with Crippen LogP contribution in [0.25, 0.3) is 0 Å². The van der Waals surface area contributed by atoms with Gasteiger partial charge in [-0.25, -0.2) is 8.78 Å². The Morgan fingerprint density at radius 2 is 1.33 bits per heavy atom. The largest absolute Gasteiger partial charge is 0.301 e. The summed E-state index contributed by atoms with van der Waals surface area (Å²) in [6.07, 6.45) is 4.75. The maximum atomic E-state index is 14.2. The number of hydrogen-bond acceptors (Lipinski definition) is 1. The first-order valence-corrected chi connectivity index (χ1v) is 6.12. The van der Waals surface area contributed by atoms with Crippen LogP contribution in [0.1, 0.15) is 38.5 Å². The fourth-order valence-corrected chi connectivity index (χ4v) is 5.01. The Balaban J connectivity index is 1.72. The maximum Gasteiger partial charge on any atom is 0.274 e. The maximum absolute atomic E-state index is 14.2. The van der Waals surface area contributed by atoms with Crippen LogP contribution < -0.4 is 0 Å². The quantitative estimate of drug-likeness (QED) is 0.611. The van der Waals surface area contributed by atoms with Crippen LogP contribution in [0.5, 0.6) is 0 Å². The molecule has 0 aromatic rings. The van der Waals surface area contributed by atoms with Gasteiger partial charge in [-0.15, -0.1) is 0 Å². The van der Waals surface area contributed by atoms with Crippen molar-refractivity contribution in [1.29, 1.82) is 0 Å². The van der Waals surface area contributed by atoms with E-state index >= 15 is 0 Å². The predicted octanol–water partition coefficient (Wildman–Crippen LogP) is 3.19. The molecule has 1 heterocycles. The lowest BCUT2D eigenvalue weighted by atomic mass is 9.48. The number of hydrogen-bond donors (Lipinski definition) is 0. The van der Waals surface area contributed by atoms with Gasteiger partial charge in [0.25, 0.3) is 12.2 Å². The highest BCUT2D eigenvalue weighted by atomic mass is 19.2. The summed E-state index contributed by atoms with van der Waals surface area (Å²) in [5.41, 5.74) is -0.443. The molecule has 1 aliphatic heterocycles. The molecule has 0 spiro atoms. The van der Waals surface area contributed by atoms with Crippen molar-refractivity contribution < 1.29 is 13.5 Å². The van der Waals surface area contributed by atoms with Crippen molar-refractivity contribution in [2.75, 3.05) is 0 Å². The third-order valence-corrected chi connectivity index (χ3v) is 5.27. The zero-order chi connectivity index (χ0) is 10.3. The molecular weight excluding hydrogens is 198 g/mol. The summed E-state index contributed by atoms with van der Waals surface area (Å²) < 4.78 is 32.0. The molecule has 2 unspecified atom stereocenters. The van der Waals surface area contributed by atoms with Crippen LogP contribution in [-0.4, -0.2) is 12.2 Å². The Morgan fingerprint density at radius 1 is 0.933 bits per heavy atom. The van der Waals surface area contributed by atoms with Gasteiger partial charge in [0.15, 0.2) is 0 Å². The topological polar surface area (TPSA) is 12.5 Å². The van der Waals surface area contributed by atoms with Crippen molar-refractivity contribution in [3.63, 3.8) is 0 Å². The summed E-state index contributed by atoms with van der Waals surface area (Å²) in [4.78, 5) is 0. The molecule has 4 aliphatic carbocycles. The zero-order valence-corrected chi connectivity index (χ0v) is 8.72. The first kappa shape index (κ1) is 8.91. The normalized spacial score (nSPS) is 66.0. The van der Waals surface area contributed by atoms with E-state index in [1.54, 1.807) is 0 Å². The van der Waals surface area contributed by atoms with E-state index in [-0.39, 0.29) is 0 Å². The molecule has 0 aromatic heterocycles. The predicted molar refractivity (Wildman–Crippen MR) is 50.4 cm³/mol. The zero-order valence-electron chi connectivity index (χ0n) is 8.72. The van der Waals surface area contributed by atoms with E-state index in [2.05, 4.69) is 4.74 Å². The summed E-state index contributed by atoms with van der Waals surface area (Å²) in [6, 6.07) is 0. The second-order valence-electron chi connectivity index (χ2n) is 6.28. The van der Waals surface area contributed by atoms with Gasteiger partial charge in [0, 0.05) is 5.41 Å². The highest BCUT2D eigenvalue weighted by molar-refractivity contribution is 5.12. The lowest BCUT2D eigenvalue weighted by molar-refractivity contribution is -0.140. The molecule has 84 valence electrons. The van der Waals surface area contributed by atoms with Gasteiger partial charge in [-0.1, -0.05) is 0 Å². The fourth-order valence-electron chi connectivity index (χ4n) is 5.01. The van der Waals surface area contributed by atoms with Crippen molar-refractivity contribution in [2.45, 2.75) is 50.7 Å². The van der Waals surface area contributed by atoms with E-state index in [0.717, 1.165) is 19.3 Å². The third-order valence-electron chi connectivity index (χ3n) is 5.27. The Bertz CT molecular complexity index is 281. The van der Waals surface area contributed by atoms with Crippen molar-refractivity contribution in [2.24, 2.45) is 23.2 Å². The molecule has 5 rings (SSSR count). The highest BCUT2D eigenvalue weighted by Crippen LogP contribution is 2.69. The van der Waals surface area contributed by atoms with E-state index in [4.69, 9.17) is 0 Å². The summed E-state index contributed by atoms with van der Waals surface area (Å²) >= 11 is 0. The molecule has 0 radical (unpaired) electrons. The third kappa shape index (κ3) is 0.961. The first-order valence-electron chi connectivity index (χ1n) is 6.12. The summed E-state index contributed by atoms with van der Waals surface area (Å²) in [5.74, 6) is 0.0593. The molecule has 2 atom stereocenters. The Kier molecular flexibility index (Phi) is 1.42. The number of rotatable bonds is 1. The molecule has 3 heteroatoms. The molecule has 15 heavy (non-hydrogen) atoms. The van der Waals surface area contributed by atoms with Crippen LogP contribution in [-0.2, 0) is 4.74 Å². The van der Waals surface area contributed by atoms with Crippen molar-refractivity contribution in [3.8, 4) is 0 Å². The van der Waals surface area contributed by atoms with Gasteiger partial charge in [0.05, 0.1) is 0 Å². The number of halogens is 2. The first-order chi connectivity index (χ1) is 7.11. The minimum absolute atomic E-state index is 0.443. The fraction of sp³-hybridized carbons (Fsp3) is 1.00. The van der Waals surface area contributed by atoms with Crippen molar-refractivity contribution in [3.05, 3.63) is 0 Å². The lowest BCUT2D eigenvalue weighted by Gasteiger charge is -2.56. The molecule has 0 aromatic carbocycles. The molecule has 1 nitrogen and oxygen atoms in total.